The Labute approximate surface area is 207 Å². The summed E-state index contributed by atoms with van der Waals surface area (Å²) in [6.07, 6.45) is 7.45. The van der Waals surface area contributed by atoms with Crippen LogP contribution in [0.5, 0.6) is 11.5 Å². The van der Waals surface area contributed by atoms with Crippen LogP contribution in [0.3, 0.4) is 0 Å². The van der Waals surface area contributed by atoms with E-state index < -0.39 is 12.2 Å². The van der Waals surface area contributed by atoms with Gasteiger partial charge in [-0.05, 0) is 49.8 Å². The van der Waals surface area contributed by atoms with Crippen molar-refractivity contribution in [2.75, 3.05) is 14.2 Å². The molecule has 8 heteroatoms. The Bertz CT molecular complexity index is 1010. The van der Waals surface area contributed by atoms with Crippen molar-refractivity contribution >= 4 is 11.9 Å². The van der Waals surface area contributed by atoms with Crippen molar-refractivity contribution in [3.63, 3.8) is 0 Å². The number of hydrogen-bond acceptors (Lipinski definition) is 6. The number of methoxy groups -OCH3 is 1. The Morgan fingerprint density at radius 2 is 2.17 bits per heavy atom. The number of hydrogen-bond donors (Lipinski definition) is 4. The maximum Gasteiger partial charge on any atom is 0.302 e. The van der Waals surface area contributed by atoms with Gasteiger partial charge in [-0.2, -0.15) is 0 Å². The molecule has 5 unspecified atom stereocenters. The number of nitrogens with zero attached hydrogens (tertiary/aromatic N) is 1. The first-order valence-electron chi connectivity index (χ1n) is 12.1. The summed E-state index contributed by atoms with van der Waals surface area (Å²) in [6, 6.07) is 5.09. The van der Waals surface area contributed by atoms with Gasteiger partial charge < -0.3 is 30.7 Å². The van der Waals surface area contributed by atoms with E-state index in [1.165, 1.54) is 14.0 Å². The highest BCUT2D eigenvalue weighted by Gasteiger charge is 2.39. The minimum atomic E-state index is -0.642. The third-order valence-corrected chi connectivity index (χ3v) is 6.94. The van der Waals surface area contributed by atoms with Crippen LogP contribution < -0.4 is 15.8 Å². The molecule has 0 radical (unpaired) electrons. The van der Waals surface area contributed by atoms with Crippen LogP contribution in [0.15, 0.2) is 35.3 Å². The van der Waals surface area contributed by atoms with Crippen molar-refractivity contribution in [2.24, 2.45) is 22.1 Å². The SMILES string of the molecule is CN=C(N)NC1C=CCCC12C#CCC(Cc1ccc(O)c(OC)c1)C(OC(C)=O)CC(O)CC2. The molecular formula is C27H37N3O5. The Morgan fingerprint density at radius 1 is 1.37 bits per heavy atom. The maximum absolute atomic E-state index is 11.9. The number of aliphatic hydroxyl groups is 1. The molecule has 1 aromatic carbocycles. The minimum absolute atomic E-state index is 0.0645. The number of nitrogens with two attached hydrogens (primary N) is 1. The number of aliphatic hydroxyl groups excluding tert-OH is 1. The lowest BCUT2D eigenvalue weighted by molar-refractivity contribution is -0.151. The van der Waals surface area contributed by atoms with Crippen molar-refractivity contribution in [1.82, 2.24) is 5.32 Å². The number of allylic oxidation sites excluding steroid dienone is 1. The summed E-state index contributed by atoms with van der Waals surface area (Å²) in [5.41, 5.74) is 6.53. The summed E-state index contributed by atoms with van der Waals surface area (Å²) in [4.78, 5) is 15.9. The molecule has 35 heavy (non-hydrogen) atoms. The van der Waals surface area contributed by atoms with Crippen LogP contribution >= 0.6 is 0 Å². The summed E-state index contributed by atoms with van der Waals surface area (Å²) in [6.45, 7) is 1.39. The highest BCUT2D eigenvalue weighted by atomic mass is 16.5. The number of esters is 1. The number of aliphatic imine (C=N–C) groups is 1. The van der Waals surface area contributed by atoms with Gasteiger partial charge >= 0.3 is 5.97 Å². The van der Waals surface area contributed by atoms with Crippen molar-refractivity contribution in [3.8, 4) is 23.3 Å². The average Bonchev–Trinajstić information content (AvgIpc) is 2.83. The molecule has 1 spiro atoms. The molecule has 0 aliphatic heterocycles. The number of benzene rings is 1. The minimum Gasteiger partial charge on any atom is -0.504 e. The number of rotatable bonds is 5. The molecule has 2 aliphatic carbocycles. The topological polar surface area (TPSA) is 126 Å². The van der Waals surface area contributed by atoms with E-state index in [1.807, 2.05) is 6.07 Å². The monoisotopic (exact) mass is 483 g/mol. The predicted octanol–water partition coefficient (Wildman–Crippen LogP) is 2.67. The quantitative estimate of drug-likeness (QED) is 0.167. The number of guanidine groups is 1. The fraction of sp³-hybridized carbons (Fsp3) is 0.556. The molecule has 3 rings (SSSR count). The molecule has 0 aromatic heterocycles. The summed E-state index contributed by atoms with van der Waals surface area (Å²) in [5.74, 6) is 7.22. The van der Waals surface area contributed by atoms with E-state index in [2.05, 4.69) is 34.3 Å². The van der Waals surface area contributed by atoms with Gasteiger partial charge in [-0.3, -0.25) is 9.79 Å². The van der Waals surface area contributed by atoms with Crippen molar-refractivity contribution in [3.05, 3.63) is 35.9 Å². The summed E-state index contributed by atoms with van der Waals surface area (Å²) in [7, 11) is 3.15. The highest BCUT2D eigenvalue weighted by Crippen LogP contribution is 2.39. The molecule has 8 nitrogen and oxygen atoms in total. The van der Waals surface area contributed by atoms with Crippen LogP contribution in [0.25, 0.3) is 0 Å². The lowest BCUT2D eigenvalue weighted by Gasteiger charge is -2.39. The number of phenols is 1. The van der Waals surface area contributed by atoms with E-state index in [9.17, 15) is 15.0 Å². The van der Waals surface area contributed by atoms with Crippen LogP contribution in [0.1, 0.15) is 51.0 Å². The van der Waals surface area contributed by atoms with E-state index >= 15 is 0 Å². The predicted molar refractivity (Wildman–Crippen MR) is 135 cm³/mol. The van der Waals surface area contributed by atoms with Gasteiger partial charge in [-0.1, -0.05) is 24.1 Å². The van der Waals surface area contributed by atoms with Crippen LogP contribution in [0.2, 0.25) is 0 Å². The first-order valence-corrected chi connectivity index (χ1v) is 12.1. The Kier molecular flexibility index (Phi) is 9.05. The number of aromatic hydroxyl groups is 1. The zero-order valence-corrected chi connectivity index (χ0v) is 20.8. The first-order chi connectivity index (χ1) is 16.8. The average molecular weight is 484 g/mol. The lowest BCUT2D eigenvalue weighted by Crippen LogP contribution is -2.50. The fourth-order valence-electron chi connectivity index (χ4n) is 5.01. The van der Waals surface area contributed by atoms with Crippen molar-refractivity contribution in [2.45, 2.75) is 70.1 Å². The molecular weight excluding hydrogens is 446 g/mol. The summed E-state index contributed by atoms with van der Waals surface area (Å²) >= 11 is 0. The van der Waals surface area contributed by atoms with Crippen LogP contribution in [-0.2, 0) is 16.0 Å². The lowest BCUT2D eigenvalue weighted by atomic mass is 9.69. The third kappa shape index (κ3) is 6.92. The molecule has 0 fully saturated rings. The van der Waals surface area contributed by atoms with Crippen LogP contribution in [0, 0.1) is 23.2 Å². The number of ether oxygens (including phenoxy) is 2. The Morgan fingerprint density at radius 3 is 2.89 bits per heavy atom. The van der Waals surface area contributed by atoms with Crippen molar-refractivity contribution in [1.29, 1.82) is 0 Å². The maximum atomic E-state index is 11.9. The standard InChI is InChI=1S/C27H37N3O5/c1-18(31)35-23-17-21(32)11-14-27(12-5-4-8-25(27)30-26(28)29-2)13-6-7-20(23)15-19-9-10-22(33)24(16-19)34-3/h4,8-10,16,20-21,23,25,32-33H,5,7,11-12,14-15,17H2,1-3H3,(H3,28,29,30). The number of phenolic OH excluding ortho intramolecular Hbond substituents is 1. The smallest absolute Gasteiger partial charge is 0.302 e. The molecule has 0 heterocycles. The van der Waals surface area contributed by atoms with Gasteiger partial charge in [0.1, 0.15) is 6.10 Å². The second-order valence-corrected chi connectivity index (χ2v) is 9.41. The van der Waals surface area contributed by atoms with E-state index in [-0.39, 0.29) is 29.1 Å². The zero-order chi connectivity index (χ0) is 25.4. The van der Waals surface area contributed by atoms with Gasteiger partial charge in [-0.15, -0.1) is 5.92 Å². The van der Waals surface area contributed by atoms with Gasteiger partial charge in [0, 0.05) is 32.7 Å². The molecule has 2 aliphatic rings. The second-order valence-electron chi connectivity index (χ2n) is 9.41. The largest absolute Gasteiger partial charge is 0.504 e. The second kappa shape index (κ2) is 12.0. The zero-order valence-electron chi connectivity index (χ0n) is 20.8. The van der Waals surface area contributed by atoms with E-state index in [0.29, 0.717) is 43.8 Å². The molecule has 1 aromatic rings. The van der Waals surface area contributed by atoms with Gasteiger partial charge in [0.25, 0.3) is 0 Å². The first kappa shape index (κ1) is 26.4. The van der Waals surface area contributed by atoms with Gasteiger partial charge in [0.2, 0.25) is 0 Å². The van der Waals surface area contributed by atoms with E-state index in [1.54, 1.807) is 19.2 Å². The molecule has 5 N–H and O–H groups in total. The molecule has 0 saturated heterocycles. The van der Waals surface area contributed by atoms with Gasteiger partial charge in [0.15, 0.2) is 17.5 Å². The highest BCUT2D eigenvalue weighted by molar-refractivity contribution is 5.78. The van der Waals surface area contributed by atoms with Crippen molar-refractivity contribution < 1.29 is 24.5 Å². The normalized spacial score (nSPS) is 29.1. The number of carbonyl (C=O) groups excluding carboxylic acids is 1. The molecule has 0 saturated carbocycles. The van der Waals surface area contributed by atoms with E-state index in [0.717, 1.165) is 18.4 Å². The number of carbonyl (C=O) groups is 1. The third-order valence-electron chi connectivity index (χ3n) is 6.94. The van der Waals surface area contributed by atoms with Gasteiger partial charge in [-0.25, -0.2) is 0 Å². The van der Waals surface area contributed by atoms with Gasteiger partial charge in [0.05, 0.1) is 24.7 Å². The Hall–Kier alpha value is -3.18. The van der Waals surface area contributed by atoms with E-state index in [4.69, 9.17) is 15.2 Å². The van der Waals surface area contributed by atoms with Crippen LogP contribution in [-0.4, -0.2) is 54.5 Å². The molecule has 0 bridgehead atoms. The molecule has 5 atom stereocenters. The number of nitrogens with one attached hydrogen (secondary N) is 1. The Balaban J connectivity index is 1.95. The summed E-state index contributed by atoms with van der Waals surface area (Å²) < 4.78 is 10.9. The molecule has 190 valence electrons. The van der Waals surface area contributed by atoms with Crippen LogP contribution in [0.4, 0.5) is 0 Å². The fourth-order valence-corrected chi connectivity index (χ4v) is 5.01. The molecule has 0 amide bonds. The summed E-state index contributed by atoms with van der Waals surface area (Å²) in [5, 5.41) is 24.2.